The van der Waals surface area contributed by atoms with Crippen molar-refractivity contribution in [1.82, 2.24) is 0 Å². The lowest BCUT2D eigenvalue weighted by atomic mass is 9.91. The molecule has 3 aromatic carbocycles. The summed E-state index contributed by atoms with van der Waals surface area (Å²) >= 11 is 0. The van der Waals surface area contributed by atoms with Gasteiger partial charge in [-0.05, 0) is 28.7 Å². The summed E-state index contributed by atoms with van der Waals surface area (Å²) in [5.74, 6) is 0.432. The van der Waals surface area contributed by atoms with Gasteiger partial charge in [0, 0.05) is 5.92 Å². The first kappa shape index (κ1) is 13.6. The first-order valence-corrected chi connectivity index (χ1v) is 7.50. The van der Waals surface area contributed by atoms with Crippen molar-refractivity contribution >= 4 is 0 Å². The van der Waals surface area contributed by atoms with Gasteiger partial charge in [-0.1, -0.05) is 91.9 Å². The molecule has 0 nitrogen and oxygen atoms in total. The number of hydrogen-bond acceptors (Lipinski definition) is 0. The fourth-order valence-electron chi connectivity index (χ4n) is 2.74. The Bertz CT molecular complexity index is 683. The van der Waals surface area contributed by atoms with Crippen LogP contribution in [0.3, 0.4) is 0 Å². The molecule has 0 aromatic heterocycles. The van der Waals surface area contributed by atoms with Gasteiger partial charge in [-0.2, -0.15) is 0 Å². The van der Waals surface area contributed by atoms with Crippen LogP contribution >= 0.6 is 0 Å². The highest BCUT2D eigenvalue weighted by Crippen LogP contribution is 2.25. The molecule has 1 unspecified atom stereocenters. The van der Waals surface area contributed by atoms with E-state index in [4.69, 9.17) is 0 Å². The number of benzene rings is 3. The van der Waals surface area contributed by atoms with Crippen LogP contribution in [0.1, 0.15) is 35.1 Å². The Hall–Kier alpha value is -2.34. The monoisotopic (exact) mass is 272 g/mol. The highest BCUT2D eigenvalue weighted by atomic mass is 14.1. The van der Waals surface area contributed by atoms with Crippen LogP contribution in [0.15, 0.2) is 84.9 Å². The molecule has 0 heterocycles. The summed E-state index contributed by atoms with van der Waals surface area (Å²) in [6.45, 7) is 2.27. The van der Waals surface area contributed by atoms with E-state index in [-0.39, 0.29) is 0 Å². The molecule has 0 saturated carbocycles. The van der Waals surface area contributed by atoms with E-state index in [0.29, 0.717) is 5.92 Å². The maximum absolute atomic E-state index is 2.34. The summed E-state index contributed by atoms with van der Waals surface area (Å²) in [7, 11) is 0. The lowest BCUT2D eigenvalue weighted by Crippen LogP contribution is -1.97. The van der Waals surface area contributed by atoms with Gasteiger partial charge in [-0.3, -0.25) is 0 Å². The third kappa shape index (κ3) is 3.41. The van der Waals surface area contributed by atoms with Crippen molar-refractivity contribution in [3.63, 3.8) is 0 Å². The molecule has 0 spiro atoms. The Morgan fingerprint density at radius 1 is 0.619 bits per heavy atom. The zero-order valence-corrected chi connectivity index (χ0v) is 12.4. The van der Waals surface area contributed by atoms with Crippen LogP contribution in [0.2, 0.25) is 0 Å². The second-order valence-electron chi connectivity index (χ2n) is 5.54. The van der Waals surface area contributed by atoms with E-state index in [2.05, 4.69) is 91.9 Å². The van der Waals surface area contributed by atoms with E-state index in [1.165, 1.54) is 22.3 Å². The minimum Gasteiger partial charge on any atom is -0.0622 e. The van der Waals surface area contributed by atoms with Crippen LogP contribution < -0.4 is 0 Å². The molecule has 21 heavy (non-hydrogen) atoms. The van der Waals surface area contributed by atoms with E-state index in [9.17, 15) is 0 Å². The molecule has 3 aromatic rings. The van der Waals surface area contributed by atoms with Gasteiger partial charge in [0.05, 0.1) is 0 Å². The highest BCUT2D eigenvalue weighted by molar-refractivity contribution is 5.36. The van der Waals surface area contributed by atoms with Gasteiger partial charge in [0.25, 0.3) is 0 Å². The molecule has 0 saturated heterocycles. The smallest absolute Gasteiger partial charge is 0.00611 e. The zero-order valence-electron chi connectivity index (χ0n) is 12.4. The fraction of sp³-hybridized carbons (Fsp3) is 0.143. The van der Waals surface area contributed by atoms with Gasteiger partial charge in [-0.25, -0.2) is 0 Å². The largest absolute Gasteiger partial charge is 0.0622 e. The quantitative estimate of drug-likeness (QED) is 0.594. The van der Waals surface area contributed by atoms with E-state index in [0.717, 1.165) is 6.42 Å². The molecule has 0 radical (unpaired) electrons. The van der Waals surface area contributed by atoms with Crippen LogP contribution in [0.25, 0.3) is 0 Å². The van der Waals surface area contributed by atoms with Crippen molar-refractivity contribution < 1.29 is 0 Å². The first-order chi connectivity index (χ1) is 10.3. The third-order valence-electron chi connectivity index (χ3n) is 4.00. The van der Waals surface area contributed by atoms with Gasteiger partial charge in [0.2, 0.25) is 0 Å². The van der Waals surface area contributed by atoms with Gasteiger partial charge >= 0.3 is 0 Å². The molecule has 0 aliphatic carbocycles. The summed E-state index contributed by atoms with van der Waals surface area (Å²) in [5, 5.41) is 0. The standard InChI is InChI=1S/C21H20/c1-17(20-12-6-3-7-13-20)21-14-8-11-19(16-21)15-18-9-4-2-5-10-18/h2-14,16-17H,15H2,1H3. The molecule has 0 N–H and O–H groups in total. The van der Waals surface area contributed by atoms with Crippen molar-refractivity contribution in [3.05, 3.63) is 107 Å². The number of hydrogen-bond donors (Lipinski definition) is 0. The summed E-state index contributed by atoms with van der Waals surface area (Å²) in [4.78, 5) is 0. The van der Waals surface area contributed by atoms with Gasteiger partial charge in [0.15, 0.2) is 0 Å². The molecule has 0 aliphatic heterocycles. The zero-order chi connectivity index (χ0) is 14.5. The van der Waals surface area contributed by atoms with E-state index in [1.807, 2.05) is 0 Å². The highest BCUT2D eigenvalue weighted by Gasteiger charge is 2.08. The fourth-order valence-corrected chi connectivity index (χ4v) is 2.74. The van der Waals surface area contributed by atoms with Crippen LogP contribution in [-0.4, -0.2) is 0 Å². The SMILES string of the molecule is CC(c1ccccc1)c1cccc(Cc2ccccc2)c1. The second-order valence-corrected chi connectivity index (χ2v) is 5.54. The Balaban J connectivity index is 1.83. The lowest BCUT2D eigenvalue weighted by Gasteiger charge is -2.14. The molecule has 0 bridgehead atoms. The molecule has 1 atom stereocenters. The summed E-state index contributed by atoms with van der Waals surface area (Å²) in [5.41, 5.74) is 5.49. The van der Waals surface area contributed by atoms with Crippen molar-refractivity contribution in [2.24, 2.45) is 0 Å². The minimum absolute atomic E-state index is 0.432. The summed E-state index contributed by atoms with van der Waals surface area (Å²) < 4.78 is 0. The van der Waals surface area contributed by atoms with E-state index >= 15 is 0 Å². The van der Waals surface area contributed by atoms with Crippen molar-refractivity contribution in [1.29, 1.82) is 0 Å². The lowest BCUT2D eigenvalue weighted by molar-refractivity contribution is 0.917. The summed E-state index contributed by atoms with van der Waals surface area (Å²) in [6.07, 6.45) is 0.996. The van der Waals surface area contributed by atoms with Crippen LogP contribution in [-0.2, 0) is 6.42 Å². The van der Waals surface area contributed by atoms with Crippen LogP contribution in [0, 0.1) is 0 Å². The van der Waals surface area contributed by atoms with Crippen LogP contribution in [0.5, 0.6) is 0 Å². The Kier molecular flexibility index (Phi) is 4.16. The van der Waals surface area contributed by atoms with Crippen molar-refractivity contribution in [3.8, 4) is 0 Å². The topological polar surface area (TPSA) is 0 Å². The van der Waals surface area contributed by atoms with E-state index < -0.39 is 0 Å². The van der Waals surface area contributed by atoms with Crippen LogP contribution in [0.4, 0.5) is 0 Å². The third-order valence-corrected chi connectivity index (χ3v) is 4.00. The Morgan fingerprint density at radius 2 is 1.19 bits per heavy atom. The van der Waals surface area contributed by atoms with E-state index in [1.54, 1.807) is 0 Å². The van der Waals surface area contributed by atoms with Gasteiger partial charge in [0.1, 0.15) is 0 Å². The van der Waals surface area contributed by atoms with Gasteiger partial charge < -0.3 is 0 Å². The Morgan fingerprint density at radius 3 is 1.90 bits per heavy atom. The average Bonchev–Trinajstić information content (AvgIpc) is 2.56. The average molecular weight is 272 g/mol. The molecule has 104 valence electrons. The predicted molar refractivity (Wildman–Crippen MR) is 89.6 cm³/mol. The van der Waals surface area contributed by atoms with Crippen molar-refractivity contribution in [2.75, 3.05) is 0 Å². The molecule has 0 heteroatoms. The number of rotatable bonds is 4. The molecule has 3 rings (SSSR count). The minimum atomic E-state index is 0.432. The molecule has 0 aliphatic rings. The maximum atomic E-state index is 2.34. The molecule has 0 fully saturated rings. The van der Waals surface area contributed by atoms with Gasteiger partial charge in [-0.15, -0.1) is 0 Å². The van der Waals surface area contributed by atoms with Crippen molar-refractivity contribution in [2.45, 2.75) is 19.3 Å². The first-order valence-electron chi connectivity index (χ1n) is 7.50. The maximum Gasteiger partial charge on any atom is 0.00611 e. The normalized spacial score (nSPS) is 12.0. The molecular formula is C21H20. The molecular weight excluding hydrogens is 252 g/mol. The molecule has 0 amide bonds. The summed E-state index contributed by atoms with van der Waals surface area (Å²) in [6, 6.07) is 30.3. The predicted octanol–water partition coefficient (Wildman–Crippen LogP) is 5.43. The second kappa shape index (κ2) is 6.41. The Labute approximate surface area is 127 Å².